The Morgan fingerprint density at radius 3 is 1.09 bits per heavy atom. The third-order valence-electron chi connectivity index (χ3n) is 3.28. The monoisotopic (exact) mass is 323 g/mol. The molecule has 7 nitrogen and oxygen atoms in total. The van der Waals surface area contributed by atoms with Gasteiger partial charge in [-0.3, -0.25) is 4.90 Å². The highest BCUT2D eigenvalue weighted by atomic mass is 16.7. The van der Waals surface area contributed by atoms with Crippen LogP contribution in [0.3, 0.4) is 0 Å². The standard InChI is InChI=1S/C15H33NO6/c1-13(17-4)20-10-7-16(8-11-21-14(2)18-5)9-12-22-15(3)19-6/h13-15H,7-12H2,1-6H3. The lowest BCUT2D eigenvalue weighted by Crippen LogP contribution is -2.36. The van der Waals surface area contributed by atoms with Gasteiger partial charge in [0.15, 0.2) is 18.9 Å². The summed E-state index contributed by atoms with van der Waals surface area (Å²) in [5, 5.41) is 0. The van der Waals surface area contributed by atoms with Crippen molar-refractivity contribution < 1.29 is 28.4 Å². The molecule has 134 valence electrons. The van der Waals surface area contributed by atoms with E-state index >= 15 is 0 Å². The van der Waals surface area contributed by atoms with Gasteiger partial charge in [0.1, 0.15) is 0 Å². The van der Waals surface area contributed by atoms with Crippen LogP contribution in [0.4, 0.5) is 0 Å². The molecule has 0 heterocycles. The van der Waals surface area contributed by atoms with Gasteiger partial charge in [0.25, 0.3) is 0 Å². The fourth-order valence-corrected chi connectivity index (χ4v) is 1.58. The van der Waals surface area contributed by atoms with Gasteiger partial charge >= 0.3 is 0 Å². The summed E-state index contributed by atoms with van der Waals surface area (Å²) >= 11 is 0. The van der Waals surface area contributed by atoms with Crippen molar-refractivity contribution in [2.75, 3.05) is 60.8 Å². The highest BCUT2D eigenvalue weighted by molar-refractivity contribution is 4.57. The van der Waals surface area contributed by atoms with Crippen LogP contribution in [0.15, 0.2) is 0 Å². The summed E-state index contributed by atoms with van der Waals surface area (Å²) in [5.41, 5.74) is 0. The third-order valence-corrected chi connectivity index (χ3v) is 3.28. The zero-order valence-electron chi connectivity index (χ0n) is 14.9. The number of rotatable bonds is 15. The van der Waals surface area contributed by atoms with Crippen molar-refractivity contribution in [1.82, 2.24) is 4.90 Å². The molecule has 0 aliphatic heterocycles. The maximum absolute atomic E-state index is 5.52. The van der Waals surface area contributed by atoms with Crippen LogP contribution in [0.5, 0.6) is 0 Å². The average molecular weight is 323 g/mol. The Balaban J connectivity index is 4.01. The quantitative estimate of drug-likeness (QED) is 0.421. The molecule has 0 saturated heterocycles. The van der Waals surface area contributed by atoms with Gasteiger partial charge in [-0.05, 0) is 20.8 Å². The van der Waals surface area contributed by atoms with Crippen molar-refractivity contribution in [2.24, 2.45) is 0 Å². The van der Waals surface area contributed by atoms with Crippen LogP contribution in [0.2, 0.25) is 0 Å². The van der Waals surface area contributed by atoms with Crippen LogP contribution < -0.4 is 0 Å². The van der Waals surface area contributed by atoms with Crippen LogP contribution in [0.1, 0.15) is 20.8 Å². The predicted molar refractivity (Wildman–Crippen MR) is 83.7 cm³/mol. The molecule has 0 amide bonds. The number of ether oxygens (including phenoxy) is 6. The minimum atomic E-state index is -0.198. The van der Waals surface area contributed by atoms with E-state index in [2.05, 4.69) is 4.90 Å². The zero-order chi connectivity index (χ0) is 16.8. The lowest BCUT2D eigenvalue weighted by molar-refractivity contribution is -0.130. The minimum absolute atomic E-state index is 0.198. The van der Waals surface area contributed by atoms with Crippen molar-refractivity contribution in [2.45, 2.75) is 39.6 Å². The molecule has 0 saturated carbocycles. The Bertz CT molecular complexity index is 206. The summed E-state index contributed by atoms with van der Waals surface area (Å²) < 4.78 is 31.8. The fourth-order valence-electron chi connectivity index (χ4n) is 1.58. The molecular formula is C15H33NO6. The topological polar surface area (TPSA) is 58.6 Å². The van der Waals surface area contributed by atoms with E-state index in [0.717, 1.165) is 19.6 Å². The molecule has 0 aliphatic carbocycles. The lowest BCUT2D eigenvalue weighted by Gasteiger charge is -2.24. The van der Waals surface area contributed by atoms with Crippen molar-refractivity contribution >= 4 is 0 Å². The molecule has 0 N–H and O–H groups in total. The van der Waals surface area contributed by atoms with Gasteiger partial charge in [0, 0.05) is 41.0 Å². The van der Waals surface area contributed by atoms with E-state index in [9.17, 15) is 0 Å². The molecule has 3 unspecified atom stereocenters. The number of nitrogens with zero attached hydrogens (tertiary/aromatic N) is 1. The van der Waals surface area contributed by atoms with Crippen LogP contribution >= 0.6 is 0 Å². The number of hydrogen-bond acceptors (Lipinski definition) is 7. The Morgan fingerprint density at radius 1 is 0.591 bits per heavy atom. The first-order valence-corrected chi connectivity index (χ1v) is 7.69. The highest BCUT2D eigenvalue weighted by Gasteiger charge is 2.09. The fraction of sp³-hybridized carbons (Fsp3) is 1.00. The van der Waals surface area contributed by atoms with Gasteiger partial charge in [0.2, 0.25) is 0 Å². The molecule has 3 atom stereocenters. The Hall–Kier alpha value is -0.280. The van der Waals surface area contributed by atoms with Crippen molar-refractivity contribution in [1.29, 1.82) is 0 Å². The first kappa shape index (κ1) is 21.7. The van der Waals surface area contributed by atoms with E-state index in [1.165, 1.54) is 0 Å². The molecule has 0 rings (SSSR count). The summed E-state index contributed by atoms with van der Waals surface area (Å²) in [6, 6.07) is 0. The largest absolute Gasteiger partial charge is 0.356 e. The van der Waals surface area contributed by atoms with E-state index in [1.54, 1.807) is 21.3 Å². The van der Waals surface area contributed by atoms with Crippen LogP contribution in [0.25, 0.3) is 0 Å². The van der Waals surface area contributed by atoms with Gasteiger partial charge < -0.3 is 28.4 Å². The molecule has 0 bridgehead atoms. The van der Waals surface area contributed by atoms with Gasteiger partial charge in [-0.25, -0.2) is 0 Å². The minimum Gasteiger partial charge on any atom is -0.356 e. The van der Waals surface area contributed by atoms with Gasteiger partial charge in [0.05, 0.1) is 19.8 Å². The van der Waals surface area contributed by atoms with E-state index in [-0.39, 0.29) is 18.9 Å². The molecule has 22 heavy (non-hydrogen) atoms. The SMILES string of the molecule is COC(C)OCCN(CCOC(C)OC)CCOC(C)OC. The second-order valence-corrected chi connectivity index (χ2v) is 4.86. The highest BCUT2D eigenvalue weighted by Crippen LogP contribution is 1.98. The number of methoxy groups -OCH3 is 3. The molecule has 0 aliphatic rings. The summed E-state index contributed by atoms with van der Waals surface area (Å²) in [7, 11) is 4.88. The molecule has 7 heteroatoms. The van der Waals surface area contributed by atoms with Gasteiger partial charge in [-0.1, -0.05) is 0 Å². The van der Waals surface area contributed by atoms with E-state index in [0.29, 0.717) is 19.8 Å². The first-order valence-electron chi connectivity index (χ1n) is 7.69. The second-order valence-electron chi connectivity index (χ2n) is 4.86. The maximum atomic E-state index is 5.52. The van der Waals surface area contributed by atoms with Crippen LogP contribution in [-0.4, -0.2) is 84.6 Å². The molecule has 0 spiro atoms. The van der Waals surface area contributed by atoms with E-state index in [4.69, 9.17) is 28.4 Å². The smallest absolute Gasteiger partial charge is 0.154 e. The molecule has 0 aromatic carbocycles. The Kier molecular flexibility index (Phi) is 14.1. The van der Waals surface area contributed by atoms with Crippen LogP contribution in [-0.2, 0) is 28.4 Å². The van der Waals surface area contributed by atoms with Gasteiger partial charge in [-0.2, -0.15) is 0 Å². The summed E-state index contributed by atoms with van der Waals surface area (Å²) in [5.74, 6) is 0. The predicted octanol–water partition coefficient (Wildman–Crippen LogP) is 1.32. The van der Waals surface area contributed by atoms with E-state index in [1.807, 2.05) is 20.8 Å². The second kappa shape index (κ2) is 14.3. The first-order chi connectivity index (χ1) is 10.5. The van der Waals surface area contributed by atoms with Crippen molar-refractivity contribution in [3.8, 4) is 0 Å². The summed E-state index contributed by atoms with van der Waals surface area (Å²) in [6.45, 7) is 9.73. The third kappa shape index (κ3) is 12.3. The Labute approximate surface area is 134 Å². The van der Waals surface area contributed by atoms with Crippen molar-refractivity contribution in [3.63, 3.8) is 0 Å². The number of hydrogen-bond donors (Lipinski definition) is 0. The average Bonchev–Trinajstić information content (AvgIpc) is 2.53. The molecule has 0 aromatic heterocycles. The summed E-state index contributed by atoms with van der Waals surface area (Å²) in [4.78, 5) is 2.22. The van der Waals surface area contributed by atoms with Gasteiger partial charge in [-0.15, -0.1) is 0 Å². The van der Waals surface area contributed by atoms with Crippen molar-refractivity contribution in [3.05, 3.63) is 0 Å². The molecule has 0 fully saturated rings. The molecule has 0 radical (unpaired) electrons. The maximum Gasteiger partial charge on any atom is 0.154 e. The van der Waals surface area contributed by atoms with E-state index < -0.39 is 0 Å². The van der Waals surface area contributed by atoms with Crippen LogP contribution in [0, 0.1) is 0 Å². The Morgan fingerprint density at radius 2 is 0.864 bits per heavy atom. The summed E-state index contributed by atoms with van der Waals surface area (Å²) in [6.07, 6.45) is -0.593. The lowest BCUT2D eigenvalue weighted by atomic mass is 10.4. The molecule has 0 aromatic rings. The normalized spacial score (nSPS) is 16.0. The zero-order valence-corrected chi connectivity index (χ0v) is 14.9. The molecular weight excluding hydrogens is 290 g/mol.